The van der Waals surface area contributed by atoms with E-state index in [9.17, 15) is 9.59 Å². The van der Waals surface area contributed by atoms with E-state index in [0.29, 0.717) is 18.9 Å². The van der Waals surface area contributed by atoms with Gasteiger partial charge in [0, 0.05) is 19.7 Å². The van der Waals surface area contributed by atoms with Crippen LogP contribution in [0.3, 0.4) is 0 Å². The van der Waals surface area contributed by atoms with Gasteiger partial charge in [-0.2, -0.15) is 0 Å². The maximum absolute atomic E-state index is 12.4. The Labute approximate surface area is 229 Å². The number of hydrogen-bond donors (Lipinski definition) is 0. The molecule has 2 amide bonds. The molecule has 2 unspecified atom stereocenters. The molecule has 1 saturated heterocycles. The number of carbonyl (C=O) groups excluding carboxylic acids is 2. The normalized spacial score (nSPS) is 17.0. The molecule has 0 radical (unpaired) electrons. The standard InChI is InChI=1S/C30H50N2O6/c1-3-4-5-6-7-8-9-10-11-12-13-14-15-18-21-35-23-28-24-36-29(38-28)25-37-30(34)32(26(2)33)22-27-19-16-17-20-31-27/h16-17,19-20,28-29H,3-15,18,21-25H2,1-2H3. The molecule has 8 heteroatoms. The molecule has 216 valence electrons. The molecule has 1 aromatic rings. The van der Waals surface area contributed by atoms with Crippen LogP contribution in [-0.4, -0.2) is 60.7 Å². The van der Waals surface area contributed by atoms with Crippen LogP contribution in [0.25, 0.3) is 0 Å². The summed E-state index contributed by atoms with van der Waals surface area (Å²) in [7, 11) is 0. The van der Waals surface area contributed by atoms with E-state index >= 15 is 0 Å². The summed E-state index contributed by atoms with van der Waals surface area (Å²) in [5.41, 5.74) is 0.601. The van der Waals surface area contributed by atoms with Crippen LogP contribution in [0, 0.1) is 0 Å². The maximum atomic E-state index is 12.4. The number of ether oxygens (including phenoxy) is 4. The fourth-order valence-electron chi connectivity index (χ4n) is 4.47. The molecular weight excluding hydrogens is 484 g/mol. The molecular formula is C30H50N2O6. The Hall–Kier alpha value is -2.03. The zero-order valence-corrected chi connectivity index (χ0v) is 23.7. The lowest BCUT2D eigenvalue weighted by Gasteiger charge is -2.19. The van der Waals surface area contributed by atoms with Gasteiger partial charge in [0.25, 0.3) is 0 Å². The number of amides is 2. The Balaban J connectivity index is 1.41. The number of rotatable bonds is 21. The first-order valence-electron chi connectivity index (χ1n) is 14.8. The number of pyridine rings is 1. The molecule has 0 N–H and O–H groups in total. The smallest absolute Gasteiger partial charge is 0.417 e. The largest absolute Gasteiger partial charge is 0.444 e. The van der Waals surface area contributed by atoms with Crippen LogP contribution >= 0.6 is 0 Å². The Morgan fingerprint density at radius 2 is 1.55 bits per heavy atom. The van der Waals surface area contributed by atoms with Crippen molar-refractivity contribution in [2.75, 3.05) is 26.4 Å². The summed E-state index contributed by atoms with van der Waals surface area (Å²) in [5, 5.41) is 0. The number of hydrogen-bond acceptors (Lipinski definition) is 7. The van der Waals surface area contributed by atoms with Crippen molar-refractivity contribution in [2.45, 2.75) is 123 Å². The number of imide groups is 1. The van der Waals surface area contributed by atoms with Gasteiger partial charge in [-0.3, -0.25) is 9.78 Å². The zero-order valence-electron chi connectivity index (χ0n) is 23.7. The summed E-state index contributed by atoms with van der Waals surface area (Å²) in [6, 6.07) is 5.32. The van der Waals surface area contributed by atoms with Crippen molar-refractivity contribution >= 4 is 12.0 Å². The number of unbranched alkanes of at least 4 members (excludes halogenated alkanes) is 13. The molecule has 1 aromatic heterocycles. The molecule has 0 spiro atoms. The highest BCUT2D eigenvalue weighted by Crippen LogP contribution is 2.15. The second-order valence-electron chi connectivity index (χ2n) is 10.2. The quantitative estimate of drug-likeness (QED) is 0.160. The van der Waals surface area contributed by atoms with Gasteiger partial charge < -0.3 is 18.9 Å². The van der Waals surface area contributed by atoms with Gasteiger partial charge in [0.2, 0.25) is 5.91 Å². The topological polar surface area (TPSA) is 87.2 Å². The summed E-state index contributed by atoms with van der Waals surface area (Å²) in [6.45, 7) is 5.13. The van der Waals surface area contributed by atoms with Gasteiger partial charge in [-0.05, 0) is 18.6 Å². The summed E-state index contributed by atoms with van der Waals surface area (Å²) in [6.07, 6.45) is 18.8. The number of aromatic nitrogens is 1. The molecule has 1 aliphatic heterocycles. The van der Waals surface area contributed by atoms with Gasteiger partial charge in [0.15, 0.2) is 6.29 Å². The van der Waals surface area contributed by atoms with Crippen LogP contribution in [0.15, 0.2) is 24.4 Å². The number of nitrogens with zero attached hydrogens (tertiary/aromatic N) is 2. The number of carbonyl (C=O) groups is 2. The predicted octanol–water partition coefficient (Wildman–Crippen LogP) is 6.81. The first-order chi connectivity index (χ1) is 18.6. The fourth-order valence-corrected chi connectivity index (χ4v) is 4.47. The Morgan fingerprint density at radius 1 is 0.921 bits per heavy atom. The Bertz CT molecular complexity index is 748. The van der Waals surface area contributed by atoms with E-state index in [2.05, 4.69) is 11.9 Å². The highest BCUT2D eigenvalue weighted by Gasteiger charge is 2.29. The molecule has 0 aromatic carbocycles. The molecule has 0 aliphatic carbocycles. The van der Waals surface area contributed by atoms with Crippen molar-refractivity contribution in [3.05, 3.63) is 30.1 Å². The van der Waals surface area contributed by atoms with E-state index in [1.54, 1.807) is 24.4 Å². The van der Waals surface area contributed by atoms with E-state index in [4.69, 9.17) is 18.9 Å². The van der Waals surface area contributed by atoms with Gasteiger partial charge in [-0.1, -0.05) is 96.5 Å². The summed E-state index contributed by atoms with van der Waals surface area (Å²) >= 11 is 0. The van der Waals surface area contributed by atoms with Crippen LogP contribution < -0.4 is 0 Å². The maximum Gasteiger partial charge on any atom is 0.417 e. The van der Waals surface area contributed by atoms with Crippen molar-refractivity contribution in [1.82, 2.24) is 9.88 Å². The lowest BCUT2D eigenvalue weighted by Crippen LogP contribution is -2.37. The highest BCUT2D eigenvalue weighted by molar-refractivity contribution is 5.90. The molecule has 0 bridgehead atoms. The van der Waals surface area contributed by atoms with E-state index in [1.807, 2.05) is 0 Å². The fraction of sp³-hybridized carbons (Fsp3) is 0.767. The van der Waals surface area contributed by atoms with Crippen LogP contribution in [0.5, 0.6) is 0 Å². The Kier molecular flexibility index (Phi) is 17.7. The zero-order chi connectivity index (χ0) is 27.3. The lowest BCUT2D eigenvalue weighted by molar-refractivity contribution is -0.130. The third-order valence-corrected chi connectivity index (χ3v) is 6.75. The third kappa shape index (κ3) is 14.8. The summed E-state index contributed by atoms with van der Waals surface area (Å²) in [5.74, 6) is -0.413. The van der Waals surface area contributed by atoms with Gasteiger partial charge in [-0.15, -0.1) is 0 Å². The van der Waals surface area contributed by atoms with Gasteiger partial charge >= 0.3 is 6.09 Å². The first kappa shape index (κ1) is 32.2. The molecule has 1 fully saturated rings. The molecule has 38 heavy (non-hydrogen) atoms. The van der Waals surface area contributed by atoms with Crippen molar-refractivity contribution < 1.29 is 28.5 Å². The van der Waals surface area contributed by atoms with Crippen molar-refractivity contribution in [3.8, 4) is 0 Å². The molecule has 0 saturated carbocycles. The second kappa shape index (κ2) is 20.9. The highest BCUT2D eigenvalue weighted by atomic mass is 16.7. The van der Waals surface area contributed by atoms with Crippen molar-refractivity contribution in [1.29, 1.82) is 0 Å². The molecule has 2 heterocycles. The molecule has 2 atom stereocenters. The minimum Gasteiger partial charge on any atom is -0.444 e. The van der Waals surface area contributed by atoms with E-state index in [-0.39, 0.29) is 19.3 Å². The van der Waals surface area contributed by atoms with E-state index < -0.39 is 18.3 Å². The average molecular weight is 535 g/mol. The summed E-state index contributed by atoms with van der Waals surface area (Å²) < 4.78 is 22.3. The van der Waals surface area contributed by atoms with E-state index in [0.717, 1.165) is 17.9 Å². The van der Waals surface area contributed by atoms with Crippen LogP contribution in [0.1, 0.15) is 109 Å². The van der Waals surface area contributed by atoms with Crippen LogP contribution in [-0.2, 0) is 30.3 Å². The van der Waals surface area contributed by atoms with Crippen molar-refractivity contribution in [2.24, 2.45) is 0 Å². The minimum absolute atomic E-state index is 0.0527. The lowest BCUT2D eigenvalue weighted by atomic mass is 10.0. The third-order valence-electron chi connectivity index (χ3n) is 6.75. The minimum atomic E-state index is -0.743. The Morgan fingerprint density at radius 3 is 2.13 bits per heavy atom. The molecule has 8 nitrogen and oxygen atoms in total. The SMILES string of the molecule is CCCCCCCCCCCCCCCCOCC1COC(COC(=O)N(Cc2ccccn2)C(C)=O)O1. The summed E-state index contributed by atoms with van der Waals surface area (Å²) in [4.78, 5) is 29.4. The first-order valence-corrected chi connectivity index (χ1v) is 14.8. The molecule has 2 rings (SSSR count). The molecule has 1 aliphatic rings. The van der Waals surface area contributed by atoms with Gasteiger partial charge in [0.05, 0.1) is 25.5 Å². The van der Waals surface area contributed by atoms with Gasteiger partial charge in [0.1, 0.15) is 12.7 Å². The second-order valence-corrected chi connectivity index (χ2v) is 10.2. The van der Waals surface area contributed by atoms with E-state index in [1.165, 1.54) is 90.4 Å². The van der Waals surface area contributed by atoms with Crippen LogP contribution in [0.4, 0.5) is 4.79 Å². The monoisotopic (exact) mass is 534 g/mol. The predicted molar refractivity (Wildman–Crippen MR) is 148 cm³/mol. The average Bonchev–Trinajstić information content (AvgIpc) is 3.38. The van der Waals surface area contributed by atoms with Gasteiger partial charge in [-0.25, -0.2) is 9.69 Å². The van der Waals surface area contributed by atoms with Crippen molar-refractivity contribution in [3.63, 3.8) is 0 Å². The van der Waals surface area contributed by atoms with Crippen LogP contribution in [0.2, 0.25) is 0 Å².